The van der Waals surface area contributed by atoms with Gasteiger partial charge in [-0.2, -0.15) is 0 Å². The highest BCUT2D eigenvalue weighted by Crippen LogP contribution is 2.43. The summed E-state index contributed by atoms with van der Waals surface area (Å²) in [4.78, 5) is 22.6. The van der Waals surface area contributed by atoms with Crippen LogP contribution in [0.3, 0.4) is 0 Å². The number of nitrogens with one attached hydrogen (secondary N) is 1. The van der Waals surface area contributed by atoms with Crippen molar-refractivity contribution in [3.8, 4) is 0 Å². The van der Waals surface area contributed by atoms with E-state index in [9.17, 15) is 4.79 Å². The number of hydrogen-bond acceptors (Lipinski definition) is 5. The molecule has 4 bridgehead atoms. The smallest absolute Gasteiger partial charge is 0.226 e. The van der Waals surface area contributed by atoms with Gasteiger partial charge in [0.15, 0.2) is 0 Å². The lowest BCUT2D eigenvalue weighted by Crippen LogP contribution is -2.70. The maximum absolute atomic E-state index is 12.9. The van der Waals surface area contributed by atoms with Crippen LogP contribution in [0, 0.1) is 12.8 Å². The Balaban J connectivity index is 1.45. The Labute approximate surface area is 164 Å². The van der Waals surface area contributed by atoms with Gasteiger partial charge >= 0.3 is 0 Å². The molecule has 0 spiro atoms. The largest absolute Gasteiger partial charge is 0.352 e. The Bertz CT molecular complexity index is 820. The van der Waals surface area contributed by atoms with Crippen molar-refractivity contribution in [1.82, 2.24) is 20.1 Å². The zero-order valence-electron chi connectivity index (χ0n) is 15.7. The number of carbonyl (C=O) groups is 1. The van der Waals surface area contributed by atoms with E-state index in [0.717, 1.165) is 50.0 Å². The van der Waals surface area contributed by atoms with E-state index in [-0.39, 0.29) is 17.4 Å². The first kappa shape index (κ1) is 17.3. The van der Waals surface area contributed by atoms with Gasteiger partial charge in [0.05, 0.1) is 17.1 Å². The molecule has 1 amide bonds. The van der Waals surface area contributed by atoms with Crippen molar-refractivity contribution in [1.29, 1.82) is 0 Å². The topological polar surface area (TPSA) is 48.5 Å². The first-order valence-electron chi connectivity index (χ1n) is 9.83. The fraction of sp³-hybridized carbons (Fsp3) is 0.524. The average Bonchev–Trinajstić information content (AvgIpc) is 2.90. The Morgan fingerprint density at radius 3 is 2.56 bits per heavy atom. The summed E-state index contributed by atoms with van der Waals surface area (Å²) in [7, 11) is 0. The summed E-state index contributed by atoms with van der Waals surface area (Å²) < 4.78 is 0. The van der Waals surface area contributed by atoms with E-state index in [2.05, 4.69) is 50.4 Å². The van der Waals surface area contributed by atoms with Gasteiger partial charge in [-0.3, -0.25) is 4.79 Å². The Hall–Kier alpha value is -1.76. The van der Waals surface area contributed by atoms with E-state index < -0.39 is 0 Å². The fourth-order valence-electron chi connectivity index (χ4n) is 5.45. The number of nitrogens with zero attached hydrogens (tertiary/aromatic N) is 3. The van der Waals surface area contributed by atoms with Crippen molar-refractivity contribution < 1.29 is 4.79 Å². The number of fused-ring (bicyclic) bond motifs is 1. The third kappa shape index (κ3) is 3.10. The van der Waals surface area contributed by atoms with Crippen molar-refractivity contribution in [2.45, 2.75) is 24.8 Å². The van der Waals surface area contributed by atoms with Gasteiger partial charge in [-0.25, -0.2) is 4.98 Å². The van der Waals surface area contributed by atoms with E-state index in [0.29, 0.717) is 12.3 Å². The van der Waals surface area contributed by atoms with Crippen LogP contribution in [0.15, 0.2) is 35.7 Å². The summed E-state index contributed by atoms with van der Waals surface area (Å²) >= 11 is 1.61. The predicted molar refractivity (Wildman–Crippen MR) is 107 cm³/mol. The highest BCUT2D eigenvalue weighted by molar-refractivity contribution is 7.09. The van der Waals surface area contributed by atoms with Crippen LogP contribution in [0.2, 0.25) is 0 Å². The van der Waals surface area contributed by atoms with Gasteiger partial charge in [0.25, 0.3) is 0 Å². The number of benzene rings is 1. The lowest BCUT2D eigenvalue weighted by atomic mass is 9.64. The molecule has 0 aliphatic carbocycles. The zero-order valence-corrected chi connectivity index (χ0v) is 16.5. The molecule has 5 nitrogen and oxygen atoms in total. The molecule has 0 radical (unpaired) electrons. The number of piperidine rings is 2. The van der Waals surface area contributed by atoms with Crippen molar-refractivity contribution in [2.24, 2.45) is 5.92 Å². The minimum Gasteiger partial charge on any atom is -0.352 e. The number of thiazole rings is 1. The van der Waals surface area contributed by atoms with E-state index in [1.54, 1.807) is 11.3 Å². The van der Waals surface area contributed by atoms with Crippen LogP contribution in [0.5, 0.6) is 0 Å². The molecule has 2 aromatic rings. The van der Waals surface area contributed by atoms with Crippen molar-refractivity contribution in [3.63, 3.8) is 0 Å². The number of carbonyl (C=O) groups excluding carboxylic acids is 1. The summed E-state index contributed by atoms with van der Waals surface area (Å²) in [5.74, 6) is 0.591. The molecule has 4 saturated heterocycles. The molecule has 6 rings (SSSR count). The molecule has 5 heterocycles. The second kappa shape index (κ2) is 6.69. The lowest BCUT2D eigenvalue weighted by molar-refractivity contribution is -0.123. The molecule has 1 N–H and O–H groups in total. The van der Waals surface area contributed by atoms with Gasteiger partial charge in [-0.15, -0.1) is 11.3 Å². The molecular formula is C21H26N4OS. The third-order valence-electron chi connectivity index (χ3n) is 6.47. The lowest BCUT2D eigenvalue weighted by Gasteiger charge is -2.55. The Morgan fingerprint density at radius 1 is 1.22 bits per heavy atom. The summed E-state index contributed by atoms with van der Waals surface area (Å²) in [6.45, 7) is 8.52. The number of hydrogen-bond donors (Lipinski definition) is 1. The predicted octanol–water partition coefficient (Wildman–Crippen LogP) is 1.68. The van der Waals surface area contributed by atoms with Gasteiger partial charge in [-0.1, -0.05) is 30.3 Å². The Kier molecular flexibility index (Phi) is 4.30. The molecule has 1 aromatic carbocycles. The van der Waals surface area contributed by atoms with Gasteiger partial charge in [0.1, 0.15) is 0 Å². The second-order valence-corrected chi connectivity index (χ2v) is 9.39. The summed E-state index contributed by atoms with van der Waals surface area (Å²) in [5.41, 5.74) is 2.23. The zero-order chi connectivity index (χ0) is 18.4. The summed E-state index contributed by atoms with van der Waals surface area (Å²) in [6, 6.07) is 11.0. The average molecular weight is 383 g/mol. The molecular weight excluding hydrogens is 356 g/mol. The number of rotatable bonds is 4. The molecule has 4 aliphatic rings. The highest BCUT2D eigenvalue weighted by Gasteiger charge is 2.55. The van der Waals surface area contributed by atoms with Gasteiger partial charge in [-0.05, 0) is 12.5 Å². The fourth-order valence-corrected chi connectivity index (χ4v) is 6.06. The van der Waals surface area contributed by atoms with Crippen LogP contribution in [-0.2, 0) is 16.6 Å². The molecule has 1 aromatic heterocycles. The van der Waals surface area contributed by atoms with Crippen LogP contribution >= 0.6 is 11.3 Å². The maximum atomic E-state index is 12.9. The number of amides is 1. The maximum Gasteiger partial charge on any atom is 0.226 e. The van der Waals surface area contributed by atoms with E-state index in [1.165, 1.54) is 5.56 Å². The minimum absolute atomic E-state index is 0.0213. The third-order valence-corrected chi connectivity index (χ3v) is 7.29. The van der Waals surface area contributed by atoms with Gasteiger partial charge in [0, 0.05) is 62.0 Å². The van der Waals surface area contributed by atoms with E-state index >= 15 is 0 Å². The number of aromatic nitrogens is 1. The first-order chi connectivity index (χ1) is 13.1. The van der Waals surface area contributed by atoms with Crippen LogP contribution in [0.25, 0.3) is 0 Å². The Morgan fingerprint density at radius 2 is 1.93 bits per heavy atom. The molecule has 0 saturated carbocycles. The number of aryl methyl sites for hydroxylation is 1. The normalized spacial score (nSPS) is 34.4. The molecule has 6 heteroatoms. The van der Waals surface area contributed by atoms with Crippen LogP contribution < -0.4 is 5.32 Å². The quantitative estimate of drug-likeness (QED) is 0.874. The molecule has 27 heavy (non-hydrogen) atoms. The van der Waals surface area contributed by atoms with Crippen LogP contribution in [0.1, 0.15) is 16.3 Å². The molecule has 142 valence electrons. The van der Waals surface area contributed by atoms with E-state index in [4.69, 9.17) is 0 Å². The summed E-state index contributed by atoms with van der Waals surface area (Å²) in [6.07, 6.45) is 0.381. The highest BCUT2D eigenvalue weighted by atomic mass is 32.1. The molecule has 4 aliphatic heterocycles. The molecule has 2 unspecified atom stereocenters. The van der Waals surface area contributed by atoms with E-state index in [1.807, 2.05) is 12.3 Å². The van der Waals surface area contributed by atoms with Crippen LogP contribution in [0.4, 0.5) is 0 Å². The van der Waals surface area contributed by atoms with Crippen molar-refractivity contribution in [2.75, 3.05) is 39.3 Å². The first-order valence-corrected chi connectivity index (χ1v) is 10.7. The SMILES string of the molecule is Cc1nc(CC(=O)N[C@H]2C3CN4CCN(C3)CC2(c2ccccc2)C4)cs1. The molecule has 4 fully saturated rings. The monoisotopic (exact) mass is 382 g/mol. The van der Waals surface area contributed by atoms with Crippen molar-refractivity contribution in [3.05, 3.63) is 52.0 Å². The van der Waals surface area contributed by atoms with Gasteiger partial charge < -0.3 is 15.1 Å². The van der Waals surface area contributed by atoms with Gasteiger partial charge in [0.2, 0.25) is 5.91 Å². The minimum atomic E-state index is -0.0213. The second-order valence-electron chi connectivity index (χ2n) is 8.33. The van der Waals surface area contributed by atoms with Crippen molar-refractivity contribution >= 4 is 17.2 Å². The summed E-state index contributed by atoms with van der Waals surface area (Å²) in [5, 5.41) is 6.48. The molecule has 3 atom stereocenters. The van der Waals surface area contributed by atoms with Crippen LogP contribution in [-0.4, -0.2) is 66.0 Å². The standard InChI is InChI=1S/C21H26N4OS/c1-15-22-18(12-27-15)9-19(26)23-20-16-10-24-7-8-25(11-16)14-21(20,13-24)17-5-3-2-4-6-17/h2-6,12,16,20H,7-11,13-14H2,1H3,(H,23,26)/t16?,20-,21?/m0/s1.